The molecule has 0 saturated heterocycles. The van der Waals surface area contributed by atoms with Crippen molar-refractivity contribution in [3.8, 4) is 11.5 Å². The van der Waals surface area contributed by atoms with Gasteiger partial charge >= 0.3 is 0 Å². The van der Waals surface area contributed by atoms with Gasteiger partial charge in [-0.3, -0.25) is 0 Å². The van der Waals surface area contributed by atoms with Crippen molar-refractivity contribution in [2.75, 3.05) is 14.2 Å². The summed E-state index contributed by atoms with van der Waals surface area (Å²) in [7, 11) is 3.09. The van der Waals surface area contributed by atoms with Gasteiger partial charge < -0.3 is 9.47 Å². The van der Waals surface area contributed by atoms with E-state index >= 15 is 0 Å². The van der Waals surface area contributed by atoms with Crippen LogP contribution in [0.25, 0.3) is 0 Å². The highest BCUT2D eigenvalue weighted by atomic mass is 35.5. The van der Waals surface area contributed by atoms with Crippen LogP contribution in [0.5, 0.6) is 11.5 Å². The minimum Gasteiger partial charge on any atom is -0.493 e. The third-order valence-electron chi connectivity index (χ3n) is 2.25. The van der Waals surface area contributed by atoms with Crippen LogP contribution < -0.4 is 9.47 Å². The Morgan fingerprint density at radius 3 is 2.56 bits per heavy atom. The number of halogens is 1. The number of benzene rings is 1. The highest BCUT2D eigenvalue weighted by Gasteiger charge is 2.11. The van der Waals surface area contributed by atoms with E-state index in [-0.39, 0.29) is 0 Å². The second-order valence-corrected chi connectivity index (χ2v) is 3.67. The lowest BCUT2D eigenvalue weighted by Crippen LogP contribution is -1.95. The number of aromatic nitrogens is 3. The van der Waals surface area contributed by atoms with Gasteiger partial charge in [-0.15, -0.1) is 10.2 Å². The van der Waals surface area contributed by atoms with Gasteiger partial charge in [-0.25, -0.2) is 4.68 Å². The molecule has 0 amide bonds. The molecule has 0 spiro atoms. The van der Waals surface area contributed by atoms with Crippen LogP contribution in [0.4, 0.5) is 0 Å². The first-order chi connectivity index (χ1) is 8.76. The minimum atomic E-state index is 0.439. The molecule has 94 valence electrons. The number of nitrogens with zero attached hydrogens (tertiary/aromatic N) is 4. The summed E-state index contributed by atoms with van der Waals surface area (Å²) in [5.41, 5.74) is 0.711. The van der Waals surface area contributed by atoms with Gasteiger partial charge in [-0.2, -0.15) is 5.10 Å². The van der Waals surface area contributed by atoms with E-state index in [9.17, 15) is 0 Å². The van der Waals surface area contributed by atoms with E-state index in [0.717, 1.165) is 0 Å². The van der Waals surface area contributed by atoms with Crippen molar-refractivity contribution < 1.29 is 9.47 Å². The van der Waals surface area contributed by atoms with Crippen LogP contribution >= 0.6 is 11.6 Å². The van der Waals surface area contributed by atoms with E-state index in [0.29, 0.717) is 22.1 Å². The third kappa shape index (κ3) is 2.43. The number of hydrogen-bond acceptors (Lipinski definition) is 5. The zero-order chi connectivity index (χ0) is 13.0. The zero-order valence-electron chi connectivity index (χ0n) is 9.87. The first-order valence-corrected chi connectivity index (χ1v) is 5.43. The van der Waals surface area contributed by atoms with Crippen molar-refractivity contribution in [1.82, 2.24) is 14.9 Å². The summed E-state index contributed by atoms with van der Waals surface area (Å²) in [4.78, 5) is 0. The monoisotopic (exact) mass is 266 g/mol. The highest BCUT2D eigenvalue weighted by Crippen LogP contribution is 2.36. The average molecular weight is 267 g/mol. The molecule has 1 heterocycles. The molecule has 6 nitrogen and oxygen atoms in total. The van der Waals surface area contributed by atoms with Crippen molar-refractivity contribution in [3.05, 3.63) is 35.4 Å². The lowest BCUT2D eigenvalue weighted by molar-refractivity contribution is 0.355. The van der Waals surface area contributed by atoms with Gasteiger partial charge in [0.05, 0.1) is 25.5 Å². The second-order valence-electron chi connectivity index (χ2n) is 3.29. The van der Waals surface area contributed by atoms with Crippen LogP contribution in [0.15, 0.2) is 29.9 Å². The van der Waals surface area contributed by atoms with E-state index in [4.69, 9.17) is 21.1 Å². The Hall–Kier alpha value is -2.08. The smallest absolute Gasteiger partial charge is 0.180 e. The molecule has 7 heteroatoms. The predicted molar refractivity (Wildman–Crippen MR) is 67.6 cm³/mol. The molecular weight excluding hydrogens is 256 g/mol. The van der Waals surface area contributed by atoms with Gasteiger partial charge in [-0.1, -0.05) is 11.6 Å². The van der Waals surface area contributed by atoms with Gasteiger partial charge in [0.15, 0.2) is 11.5 Å². The first kappa shape index (κ1) is 12.4. The second kappa shape index (κ2) is 5.50. The van der Waals surface area contributed by atoms with Crippen molar-refractivity contribution in [2.45, 2.75) is 0 Å². The molecule has 0 N–H and O–H groups in total. The van der Waals surface area contributed by atoms with Gasteiger partial charge in [-0.05, 0) is 12.1 Å². The maximum atomic E-state index is 6.20. The molecule has 0 atom stereocenters. The quantitative estimate of drug-likeness (QED) is 0.792. The van der Waals surface area contributed by atoms with Crippen LogP contribution in [0.3, 0.4) is 0 Å². The standard InChI is InChI=1S/C11H11ClN4O2/c1-17-9-4-3-8(10(12)11(9)18-2)5-15-16-6-13-14-7-16/h3-7H,1-2H3/b15-5-. The molecule has 18 heavy (non-hydrogen) atoms. The molecule has 0 saturated carbocycles. The molecule has 1 aromatic carbocycles. The Morgan fingerprint density at radius 1 is 1.22 bits per heavy atom. The highest BCUT2D eigenvalue weighted by molar-refractivity contribution is 6.34. The van der Waals surface area contributed by atoms with E-state index in [1.807, 2.05) is 0 Å². The largest absolute Gasteiger partial charge is 0.493 e. The topological polar surface area (TPSA) is 61.5 Å². The molecule has 0 aliphatic rings. The Labute approximate surface area is 109 Å². The summed E-state index contributed by atoms with van der Waals surface area (Å²) in [6, 6.07) is 3.55. The molecular formula is C11H11ClN4O2. The summed E-state index contributed by atoms with van der Waals surface area (Å²) >= 11 is 6.20. The summed E-state index contributed by atoms with van der Waals surface area (Å²) in [6.07, 6.45) is 4.55. The van der Waals surface area contributed by atoms with Gasteiger partial charge in [0.2, 0.25) is 0 Å². The molecule has 0 aliphatic carbocycles. The summed E-state index contributed by atoms with van der Waals surface area (Å²) in [6.45, 7) is 0. The lowest BCUT2D eigenvalue weighted by Gasteiger charge is -2.10. The number of rotatable bonds is 4. The number of methoxy groups -OCH3 is 2. The molecule has 2 aromatic rings. The van der Waals surface area contributed by atoms with E-state index in [2.05, 4.69) is 15.3 Å². The fourth-order valence-electron chi connectivity index (χ4n) is 1.39. The Kier molecular flexibility index (Phi) is 3.78. The Bertz CT molecular complexity index is 554. The zero-order valence-corrected chi connectivity index (χ0v) is 10.6. The van der Waals surface area contributed by atoms with E-state index in [1.165, 1.54) is 24.4 Å². The average Bonchev–Trinajstić information content (AvgIpc) is 2.90. The number of hydrogen-bond donors (Lipinski definition) is 0. The molecule has 0 radical (unpaired) electrons. The van der Waals surface area contributed by atoms with Crippen molar-refractivity contribution in [2.24, 2.45) is 5.10 Å². The Balaban J connectivity index is 2.34. The number of ether oxygens (including phenoxy) is 2. The van der Waals surface area contributed by atoms with Crippen LogP contribution in [-0.2, 0) is 0 Å². The van der Waals surface area contributed by atoms with Crippen LogP contribution in [0.1, 0.15) is 5.56 Å². The molecule has 1 aromatic heterocycles. The molecule has 0 fully saturated rings. The summed E-state index contributed by atoms with van der Waals surface area (Å²) < 4.78 is 11.8. The van der Waals surface area contributed by atoms with Crippen LogP contribution in [0.2, 0.25) is 5.02 Å². The summed E-state index contributed by atoms with van der Waals surface area (Å²) in [5.74, 6) is 1.05. The van der Waals surface area contributed by atoms with Gasteiger partial charge in [0.25, 0.3) is 0 Å². The maximum absolute atomic E-state index is 6.20. The fourth-order valence-corrected chi connectivity index (χ4v) is 1.67. The molecule has 0 aliphatic heterocycles. The first-order valence-electron chi connectivity index (χ1n) is 5.05. The minimum absolute atomic E-state index is 0.439. The normalized spacial score (nSPS) is 10.8. The fraction of sp³-hybridized carbons (Fsp3) is 0.182. The Morgan fingerprint density at radius 2 is 1.94 bits per heavy atom. The van der Waals surface area contributed by atoms with E-state index < -0.39 is 0 Å². The summed E-state index contributed by atoms with van der Waals surface area (Å²) in [5, 5.41) is 11.8. The van der Waals surface area contributed by atoms with E-state index in [1.54, 1.807) is 25.5 Å². The van der Waals surface area contributed by atoms with Crippen molar-refractivity contribution >= 4 is 17.8 Å². The lowest BCUT2D eigenvalue weighted by atomic mass is 10.2. The molecule has 0 unspecified atom stereocenters. The molecule has 0 bridgehead atoms. The molecule has 2 rings (SSSR count). The van der Waals surface area contributed by atoms with Gasteiger partial charge in [0.1, 0.15) is 12.7 Å². The maximum Gasteiger partial charge on any atom is 0.180 e. The van der Waals surface area contributed by atoms with Crippen molar-refractivity contribution in [3.63, 3.8) is 0 Å². The SMILES string of the molecule is COc1ccc(/C=N\n2cnnc2)c(Cl)c1OC. The van der Waals surface area contributed by atoms with Crippen LogP contribution in [-0.4, -0.2) is 35.3 Å². The third-order valence-corrected chi connectivity index (χ3v) is 2.64. The van der Waals surface area contributed by atoms with Gasteiger partial charge in [0, 0.05) is 5.56 Å². The van der Waals surface area contributed by atoms with Crippen LogP contribution in [0, 0.1) is 0 Å². The predicted octanol–water partition coefficient (Wildman–Crippen LogP) is 1.83. The van der Waals surface area contributed by atoms with Crippen molar-refractivity contribution in [1.29, 1.82) is 0 Å².